The molecule has 0 spiro atoms. The average molecular weight is 350 g/mol. The molecule has 1 amide bonds. The second kappa shape index (κ2) is 5.04. The molecule has 0 unspecified atom stereocenters. The summed E-state index contributed by atoms with van der Waals surface area (Å²) >= 11 is 9.58. The molecular formula is C15H10BrClN2O. The van der Waals surface area contributed by atoms with E-state index in [0.29, 0.717) is 22.0 Å². The van der Waals surface area contributed by atoms with Crippen LogP contribution >= 0.6 is 27.5 Å². The van der Waals surface area contributed by atoms with Gasteiger partial charge < -0.3 is 5.32 Å². The van der Waals surface area contributed by atoms with Gasteiger partial charge in [0, 0.05) is 10.0 Å². The van der Waals surface area contributed by atoms with Gasteiger partial charge in [-0.15, -0.1) is 0 Å². The molecule has 3 rings (SSSR count). The number of anilines is 1. The van der Waals surface area contributed by atoms with E-state index in [0.717, 1.165) is 15.7 Å². The van der Waals surface area contributed by atoms with E-state index in [2.05, 4.69) is 26.2 Å². The molecule has 100 valence electrons. The van der Waals surface area contributed by atoms with Crippen molar-refractivity contribution in [3.05, 3.63) is 57.0 Å². The summed E-state index contributed by atoms with van der Waals surface area (Å²) in [5, 5.41) is 3.35. The molecule has 1 aliphatic rings. The third-order valence-corrected chi connectivity index (χ3v) is 3.96. The Morgan fingerprint density at radius 2 is 1.85 bits per heavy atom. The number of carbonyl (C=O) groups excluding carboxylic acids is 1. The van der Waals surface area contributed by atoms with Crippen molar-refractivity contribution in [2.24, 2.45) is 4.99 Å². The zero-order valence-corrected chi connectivity index (χ0v) is 12.9. The minimum absolute atomic E-state index is 0.223. The average Bonchev–Trinajstić information content (AvgIpc) is 2.75. The Kier molecular flexibility index (Phi) is 3.36. The van der Waals surface area contributed by atoms with Crippen LogP contribution in [0.2, 0.25) is 5.02 Å². The van der Waals surface area contributed by atoms with Gasteiger partial charge in [-0.1, -0.05) is 33.6 Å². The maximum atomic E-state index is 12.1. The lowest BCUT2D eigenvalue weighted by atomic mass is 10.1. The second-order valence-corrected chi connectivity index (χ2v) is 5.83. The highest BCUT2D eigenvalue weighted by Gasteiger charge is 2.29. The molecule has 3 nitrogen and oxygen atoms in total. The molecule has 2 aromatic rings. The van der Waals surface area contributed by atoms with Crippen LogP contribution in [0.25, 0.3) is 0 Å². The molecule has 0 bridgehead atoms. The van der Waals surface area contributed by atoms with Gasteiger partial charge in [0.25, 0.3) is 5.91 Å². The highest BCUT2D eigenvalue weighted by atomic mass is 79.9. The predicted octanol–water partition coefficient (Wildman–Crippen LogP) is 4.48. The molecule has 1 aliphatic heterocycles. The van der Waals surface area contributed by atoms with E-state index in [1.54, 1.807) is 6.07 Å². The smallest absolute Gasteiger partial charge is 0.275 e. The largest absolute Gasteiger partial charge is 0.320 e. The number of aliphatic imine (C=N–C) groups is 1. The highest BCUT2D eigenvalue weighted by Crippen LogP contribution is 2.34. The summed E-state index contributed by atoms with van der Waals surface area (Å²) in [6, 6.07) is 11.1. The number of fused-ring (bicyclic) bond motifs is 1. The minimum atomic E-state index is -0.223. The van der Waals surface area contributed by atoms with Crippen molar-refractivity contribution in [2.75, 3.05) is 5.32 Å². The van der Waals surface area contributed by atoms with Crippen LogP contribution in [0.1, 0.15) is 11.1 Å². The molecule has 0 saturated heterocycles. The number of rotatable bonds is 1. The van der Waals surface area contributed by atoms with Gasteiger partial charge in [-0.05, 0) is 42.8 Å². The molecular weight excluding hydrogens is 340 g/mol. The van der Waals surface area contributed by atoms with Gasteiger partial charge in [-0.25, -0.2) is 4.99 Å². The number of nitrogens with one attached hydrogen (secondary N) is 1. The molecule has 0 fully saturated rings. The summed E-state index contributed by atoms with van der Waals surface area (Å²) in [5.74, 6) is -0.223. The van der Waals surface area contributed by atoms with Crippen LogP contribution in [0.15, 0.2) is 45.9 Å². The fourth-order valence-corrected chi connectivity index (χ4v) is 2.62. The van der Waals surface area contributed by atoms with Crippen molar-refractivity contribution < 1.29 is 4.79 Å². The van der Waals surface area contributed by atoms with Gasteiger partial charge in [0.2, 0.25) is 0 Å². The molecule has 0 aliphatic carbocycles. The van der Waals surface area contributed by atoms with Crippen LogP contribution < -0.4 is 5.32 Å². The number of benzene rings is 2. The number of hydrogen-bond acceptors (Lipinski definition) is 2. The molecule has 0 atom stereocenters. The number of aryl methyl sites for hydroxylation is 1. The summed E-state index contributed by atoms with van der Waals surface area (Å²) in [6.45, 7) is 1.93. The van der Waals surface area contributed by atoms with Crippen LogP contribution in [0.4, 0.5) is 11.4 Å². The molecule has 5 heteroatoms. The van der Waals surface area contributed by atoms with Crippen molar-refractivity contribution in [2.45, 2.75) is 6.92 Å². The van der Waals surface area contributed by atoms with Crippen molar-refractivity contribution >= 4 is 50.5 Å². The first-order valence-electron chi connectivity index (χ1n) is 6.01. The fraction of sp³-hybridized carbons (Fsp3) is 0.0667. The van der Waals surface area contributed by atoms with Crippen molar-refractivity contribution in [3.8, 4) is 0 Å². The highest BCUT2D eigenvalue weighted by molar-refractivity contribution is 9.10. The number of halogens is 2. The summed E-state index contributed by atoms with van der Waals surface area (Å²) in [6.07, 6.45) is 0. The third kappa shape index (κ3) is 2.25. The monoisotopic (exact) mass is 348 g/mol. The standard InChI is InChI=1S/C15H10BrClN2O/c1-8-2-7-11(17)12-13(8)19-15(20)14(12)18-10-5-3-9(16)4-6-10/h2-7H,1H3,(H,18,19,20). The van der Waals surface area contributed by atoms with E-state index >= 15 is 0 Å². The topological polar surface area (TPSA) is 41.5 Å². The molecule has 0 saturated carbocycles. The summed E-state index contributed by atoms with van der Waals surface area (Å²) < 4.78 is 0.964. The van der Waals surface area contributed by atoms with E-state index in [9.17, 15) is 4.79 Å². The van der Waals surface area contributed by atoms with E-state index in [1.165, 1.54) is 0 Å². The molecule has 1 heterocycles. The van der Waals surface area contributed by atoms with Gasteiger partial charge in [-0.2, -0.15) is 0 Å². The first-order valence-corrected chi connectivity index (χ1v) is 7.18. The Morgan fingerprint density at radius 1 is 1.15 bits per heavy atom. The Bertz CT molecular complexity index is 738. The summed E-state index contributed by atoms with van der Waals surface area (Å²) in [4.78, 5) is 16.5. The zero-order valence-electron chi connectivity index (χ0n) is 10.6. The normalized spacial score (nSPS) is 15.3. The Morgan fingerprint density at radius 3 is 2.55 bits per heavy atom. The van der Waals surface area contributed by atoms with Gasteiger partial charge in [-0.3, -0.25) is 4.79 Å². The number of hydrogen-bond donors (Lipinski definition) is 1. The number of carbonyl (C=O) groups is 1. The Labute approximate surface area is 129 Å². The van der Waals surface area contributed by atoms with E-state index in [-0.39, 0.29) is 5.91 Å². The molecule has 0 aromatic heterocycles. The first kappa shape index (κ1) is 13.3. The maximum Gasteiger partial charge on any atom is 0.275 e. The Balaban J connectivity index is 2.15. The SMILES string of the molecule is Cc1ccc(Cl)c2c1NC(=O)C2=Nc1ccc(Br)cc1. The minimum Gasteiger partial charge on any atom is -0.320 e. The molecule has 0 radical (unpaired) electrons. The zero-order chi connectivity index (χ0) is 14.3. The van der Waals surface area contributed by atoms with Crippen LogP contribution in [0.3, 0.4) is 0 Å². The number of amides is 1. The van der Waals surface area contributed by atoms with Crippen molar-refractivity contribution in [3.63, 3.8) is 0 Å². The molecule has 1 N–H and O–H groups in total. The van der Waals surface area contributed by atoms with Gasteiger partial charge in [0.1, 0.15) is 5.71 Å². The summed E-state index contributed by atoms with van der Waals surface area (Å²) in [7, 11) is 0. The van der Waals surface area contributed by atoms with Crippen LogP contribution in [-0.2, 0) is 4.79 Å². The van der Waals surface area contributed by atoms with Gasteiger partial charge in [0.05, 0.1) is 16.4 Å². The van der Waals surface area contributed by atoms with Crippen molar-refractivity contribution in [1.29, 1.82) is 0 Å². The predicted molar refractivity (Wildman–Crippen MR) is 85.2 cm³/mol. The quantitative estimate of drug-likeness (QED) is 0.810. The first-order chi connectivity index (χ1) is 9.56. The van der Waals surface area contributed by atoms with E-state index in [4.69, 9.17) is 11.6 Å². The van der Waals surface area contributed by atoms with Crippen molar-refractivity contribution in [1.82, 2.24) is 0 Å². The maximum absolute atomic E-state index is 12.1. The van der Waals surface area contributed by atoms with Crippen LogP contribution in [-0.4, -0.2) is 11.6 Å². The molecule has 2 aromatic carbocycles. The molecule has 20 heavy (non-hydrogen) atoms. The van der Waals surface area contributed by atoms with Crippen LogP contribution in [0.5, 0.6) is 0 Å². The number of nitrogens with zero attached hydrogens (tertiary/aromatic N) is 1. The Hall–Kier alpha value is -1.65. The third-order valence-electron chi connectivity index (χ3n) is 3.12. The lowest BCUT2D eigenvalue weighted by Crippen LogP contribution is -2.14. The van der Waals surface area contributed by atoms with Crippen LogP contribution in [0, 0.1) is 6.92 Å². The van der Waals surface area contributed by atoms with Gasteiger partial charge >= 0.3 is 0 Å². The van der Waals surface area contributed by atoms with E-state index < -0.39 is 0 Å². The lowest BCUT2D eigenvalue weighted by Gasteiger charge is -2.04. The van der Waals surface area contributed by atoms with Gasteiger partial charge in [0.15, 0.2) is 0 Å². The van der Waals surface area contributed by atoms with E-state index in [1.807, 2.05) is 37.3 Å². The fourth-order valence-electron chi connectivity index (χ4n) is 2.11. The lowest BCUT2D eigenvalue weighted by molar-refractivity contribution is -0.110. The summed E-state index contributed by atoms with van der Waals surface area (Å²) in [5.41, 5.74) is 3.47. The second-order valence-electron chi connectivity index (χ2n) is 4.51.